The summed E-state index contributed by atoms with van der Waals surface area (Å²) >= 11 is 0. The number of nitrogens with zero attached hydrogens (tertiary/aromatic N) is 4. The summed E-state index contributed by atoms with van der Waals surface area (Å²) in [6.07, 6.45) is 2.41. The van der Waals surface area contributed by atoms with Crippen LogP contribution in [-0.2, 0) is 13.1 Å². The van der Waals surface area contributed by atoms with Crippen molar-refractivity contribution < 1.29 is 0 Å². The SMILES string of the molecule is Cc1ccc(-n2c(=O)n(CCC(C)C)c(=O)c3c2ncn3Cc2cccc(C)c2)cc1. The molecule has 0 atom stereocenters. The fourth-order valence-electron chi connectivity index (χ4n) is 3.82. The molecule has 0 bridgehead atoms. The van der Waals surface area contributed by atoms with Crippen molar-refractivity contribution >= 4 is 11.2 Å². The first kappa shape index (κ1) is 20.8. The van der Waals surface area contributed by atoms with E-state index in [9.17, 15) is 9.59 Å². The van der Waals surface area contributed by atoms with Crippen LogP contribution in [-0.4, -0.2) is 18.7 Å². The molecule has 0 spiro atoms. The molecule has 0 saturated heterocycles. The molecule has 0 aliphatic rings. The highest BCUT2D eigenvalue weighted by Gasteiger charge is 2.19. The second kappa shape index (κ2) is 8.38. The van der Waals surface area contributed by atoms with E-state index < -0.39 is 0 Å². The van der Waals surface area contributed by atoms with Gasteiger partial charge >= 0.3 is 5.69 Å². The van der Waals surface area contributed by atoms with Crippen LogP contribution in [0.1, 0.15) is 37.0 Å². The number of rotatable bonds is 6. The summed E-state index contributed by atoms with van der Waals surface area (Å²) in [5, 5.41) is 0. The van der Waals surface area contributed by atoms with Crippen LogP contribution < -0.4 is 11.2 Å². The number of imidazole rings is 1. The summed E-state index contributed by atoms with van der Waals surface area (Å²) in [7, 11) is 0. The van der Waals surface area contributed by atoms with Crippen molar-refractivity contribution in [2.75, 3.05) is 0 Å². The smallest absolute Gasteiger partial charge is 0.320 e. The molecule has 0 fully saturated rings. The summed E-state index contributed by atoms with van der Waals surface area (Å²) in [5.41, 5.74) is 4.27. The number of hydrogen-bond donors (Lipinski definition) is 0. The first-order chi connectivity index (χ1) is 14.8. The third kappa shape index (κ3) is 4.10. The van der Waals surface area contributed by atoms with Gasteiger partial charge in [-0.1, -0.05) is 61.4 Å². The molecular formula is C25H28N4O2. The molecule has 2 heterocycles. The van der Waals surface area contributed by atoms with Crippen LogP contribution in [0.4, 0.5) is 0 Å². The Morgan fingerprint density at radius 1 is 0.968 bits per heavy atom. The Balaban J connectivity index is 1.95. The monoisotopic (exact) mass is 416 g/mol. The molecule has 0 aliphatic carbocycles. The van der Waals surface area contributed by atoms with Gasteiger partial charge in [0.2, 0.25) is 0 Å². The summed E-state index contributed by atoms with van der Waals surface area (Å²) in [6.45, 7) is 9.12. The first-order valence-electron chi connectivity index (χ1n) is 10.7. The van der Waals surface area contributed by atoms with Crippen molar-refractivity contribution in [3.05, 3.63) is 92.4 Å². The minimum absolute atomic E-state index is 0.283. The molecule has 160 valence electrons. The van der Waals surface area contributed by atoms with E-state index in [-0.39, 0.29) is 11.2 Å². The standard InChI is InChI=1S/C25H28N4O2/c1-17(2)12-13-28-24(30)22-23(29(25(28)31)21-10-8-18(3)9-11-21)26-16-27(22)15-20-7-5-6-19(4)14-20/h5-11,14,16-17H,12-13,15H2,1-4H3. The number of aromatic nitrogens is 4. The highest BCUT2D eigenvalue weighted by Crippen LogP contribution is 2.16. The Morgan fingerprint density at radius 3 is 2.39 bits per heavy atom. The molecule has 4 rings (SSSR count). The zero-order chi connectivity index (χ0) is 22.1. The molecule has 6 nitrogen and oxygen atoms in total. The van der Waals surface area contributed by atoms with Gasteiger partial charge in [0.1, 0.15) is 0 Å². The molecule has 0 N–H and O–H groups in total. The van der Waals surface area contributed by atoms with Gasteiger partial charge in [0, 0.05) is 13.1 Å². The molecule has 2 aromatic heterocycles. The molecule has 4 aromatic rings. The zero-order valence-electron chi connectivity index (χ0n) is 18.5. The molecule has 31 heavy (non-hydrogen) atoms. The lowest BCUT2D eigenvalue weighted by Crippen LogP contribution is -2.40. The molecule has 0 aliphatic heterocycles. The van der Waals surface area contributed by atoms with Gasteiger partial charge < -0.3 is 4.57 Å². The highest BCUT2D eigenvalue weighted by atomic mass is 16.2. The maximum absolute atomic E-state index is 13.4. The topological polar surface area (TPSA) is 61.8 Å². The van der Waals surface area contributed by atoms with Crippen LogP contribution in [0.15, 0.2) is 64.4 Å². The summed E-state index contributed by atoms with van der Waals surface area (Å²) in [4.78, 5) is 31.3. The van der Waals surface area contributed by atoms with Crippen molar-refractivity contribution in [2.24, 2.45) is 5.92 Å². The van der Waals surface area contributed by atoms with Crippen LogP contribution in [0.3, 0.4) is 0 Å². The van der Waals surface area contributed by atoms with Gasteiger partial charge in [-0.25, -0.2) is 14.3 Å². The fourth-order valence-corrected chi connectivity index (χ4v) is 3.82. The number of benzene rings is 2. The van der Waals surface area contributed by atoms with Crippen molar-refractivity contribution in [2.45, 2.75) is 47.2 Å². The average molecular weight is 417 g/mol. The largest absolute Gasteiger partial charge is 0.337 e. The van der Waals surface area contributed by atoms with Gasteiger partial charge in [0.15, 0.2) is 11.2 Å². The Hall–Kier alpha value is -3.41. The average Bonchev–Trinajstić information content (AvgIpc) is 3.12. The first-order valence-corrected chi connectivity index (χ1v) is 10.7. The van der Waals surface area contributed by atoms with Crippen molar-refractivity contribution in [1.29, 1.82) is 0 Å². The molecule has 6 heteroatoms. The van der Waals surface area contributed by atoms with Gasteiger partial charge in [0.05, 0.1) is 12.0 Å². The molecular weight excluding hydrogens is 388 g/mol. The molecule has 0 saturated carbocycles. The summed E-state index contributed by atoms with van der Waals surface area (Å²) in [6, 6.07) is 15.9. The van der Waals surface area contributed by atoms with Crippen LogP contribution in [0.2, 0.25) is 0 Å². The van der Waals surface area contributed by atoms with E-state index in [1.807, 2.05) is 60.9 Å². The van der Waals surface area contributed by atoms with E-state index in [0.29, 0.717) is 35.9 Å². The quantitative estimate of drug-likeness (QED) is 0.476. The maximum atomic E-state index is 13.4. The lowest BCUT2D eigenvalue weighted by atomic mass is 10.1. The Labute approximate surface area is 181 Å². The van der Waals surface area contributed by atoms with Gasteiger partial charge in [-0.3, -0.25) is 9.36 Å². The molecule has 0 amide bonds. The van der Waals surface area contributed by atoms with Crippen LogP contribution in [0.25, 0.3) is 16.9 Å². The van der Waals surface area contributed by atoms with Crippen LogP contribution >= 0.6 is 0 Å². The molecule has 0 radical (unpaired) electrons. The Bertz CT molecular complexity index is 1340. The van der Waals surface area contributed by atoms with Crippen molar-refractivity contribution in [3.63, 3.8) is 0 Å². The molecule has 0 unspecified atom stereocenters. The van der Waals surface area contributed by atoms with E-state index in [1.165, 1.54) is 4.57 Å². The lowest BCUT2D eigenvalue weighted by Gasteiger charge is -2.14. The zero-order valence-corrected chi connectivity index (χ0v) is 18.5. The summed E-state index contributed by atoms with van der Waals surface area (Å²) in [5.74, 6) is 0.382. The third-order valence-corrected chi connectivity index (χ3v) is 5.56. The second-order valence-electron chi connectivity index (χ2n) is 8.63. The van der Waals surface area contributed by atoms with E-state index >= 15 is 0 Å². The minimum Gasteiger partial charge on any atom is -0.320 e. The third-order valence-electron chi connectivity index (χ3n) is 5.56. The van der Waals surface area contributed by atoms with Crippen molar-refractivity contribution in [3.8, 4) is 5.69 Å². The minimum atomic E-state index is -0.345. The van der Waals surface area contributed by atoms with Crippen LogP contribution in [0, 0.1) is 19.8 Å². The normalized spacial score (nSPS) is 11.5. The molecule has 2 aromatic carbocycles. The maximum Gasteiger partial charge on any atom is 0.337 e. The van der Waals surface area contributed by atoms with E-state index in [0.717, 1.165) is 23.1 Å². The number of fused-ring (bicyclic) bond motifs is 1. The number of aryl methyl sites for hydroxylation is 2. The summed E-state index contributed by atoms with van der Waals surface area (Å²) < 4.78 is 4.77. The Morgan fingerprint density at radius 2 is 1.71 bits per heavy atom. The predicted molar refractivity (Wildman–Crippen MR) is 124 cm³/mol. The van der Waals surface area contributed by atoms with Gasteiger partial charge in [-0.2, -0.15) is 0 Å². The van der Waals surface area contributed by atoms with Crippen molar-refractivity contribution in [1.82, 2.24) is 18.7 Å². The fraction of sp³-hybridized carbons (Fsp3) is 0.320. The predicted octanol–water partition coefficient (Wildman–Crippen LogP) is 4.06. The number of hydrogen-bond acceptors (Lipinski definition) is 3. The van der Waals surface area contributed by atoms with E-state index in [2.05, 4.69) is 24.9 Å². The highest BCUT2D eigenvalue weighted by molar-refractivity contribution is 5.72. The van der Waals surface area contributed by atoms with Gasteiger partial charge in [0.25, 0.3) is 5.56 Å². The van der Waals surface area contributed by atoms with Crippen LogP contribution in [0.5, 0.6) is 0 Å². The lowest BCUT2D eigenvalue weighted by molar-refractivity contribution is 0.491. The van der Waals surface area contributed by atoms with E-state index in [1.54, 1.807) is 10.9 Å². The van der Waals surface area contributed by atoms with Gasteiger partial charge in [-0.05, 0) is 43.9 Å². The Kier molecular flexibility index (Phi) is 5.63. The van der Waals surface area contributed by atoms with E-state index in [4.69, 9.17) is 0 Å². The second-order valence-corrected chi connectivity index (χ2v) is 8.63. The van der Waals surface area contributed by atoms with Gasteiger partial charge in [-0.15, -0.1) is 0 Å².